The Balaban J connectivity index is 1.94. The lowest BCUT2D eigenvalue weighted by Gasteiger charge is -2.47. The van der Waals surface area contributed by atoms with E-state index in [1.165, 1.54) is 38.9 Å². The summed E-state index contributed by atoms with van der Waals surface area (Å²) in [4.78, 5) is 5.22. The van der Waals surface area contributed by atoms with E-state index in [0.29, 0.717) is 17.5 Å². The number of ether oxygens (including phenoxy) is 1. The highest BCUT2D eigenvalue weighted by molar-refractivity contribution is 4.91. The Morgan fingerprint density at radius 2 is 1.76 bits per heavy atom. The minimum absolute atomic E-state index is 0.419. The van der Waals surface area contributed by atoms with Gasteiger partial charge in [0.2, 0.25) is 0 Å². The third-order valence-corrected chi connectivity index (χ3v) is 5.47. The summed E-state index contributed by atoms with van der Waals surface area (Å²) < 4.78 is 5.62. The van der Waals surface area contributed by atoms with Crippen LogP contribution in [-0.2, 0) is 4.74 Å². The van der Waals surface area contributed by atoms with Crippen LogP contribution in [0.4, 0.5) is 0 Å². The molecule has 0 bridgehead atoms. The average Bonchev–Trinajstić information content (AvgIpc) is 2.46. The van der Waals surface area contributed by atoms with Gasteiger partial charge in [-0.25, -0.2) is 0 Å². The van der Waals surface area contributed by atoms with Gasteiger partial charge in [0.05, 0.1) is 0 Å². The Morgan fingerprint density at radius 3 is 2.33 bits per heavy atom. The fraction of sp³-hybridized carbons (Fsp3) is 1.00. The molecule has 0 amide bonds. The molecular formula is C17H35N3O. The lowest BCUT2D eigenvalue weighted by molar-refractivity contribution is -0.0250. The van der Waals surface area contributed by atoms with Gasteiger partial charge >= 0.3 is 0 Å². The zero-order valence-electron chi connectivity index (χ0n) is 14.5. The molecule has 0 aliphatic carbocycles. The molecule has 4 heteroatoms. The molecule has 1 N–H and O–H groups in total. The minimum atomic E-state index is 0.419. The molecule has 124 valence electrons. The number of nitrogens with zero attached hydrogens (tertiary/aromatic N) is 2. The molecular weight excluding hydrogens is 262 g/mol. The van der Waals surface area contributed by atoms with Gasteiger partial charge in [-0.3, -0.25) is 9.80 Å². The van der Waals surface area contributed by atoms with Crippen LogP contribution in [0.5, 0.6) is 0 Å². The molecule has 0 aromatic carbocycles. The maximum atomic E-state index is 5.62. The fourth-order valence-corrected chi connectivity index (χ4v) is 3.84. The normalized spacial score (nSPS) is 31.4. The molecule has 2 aliphatic rings. The van der Waals surface area contributed by atoms with E-state index in [0.717, 1.165) is 26.3 Å². The van der Waals surface area contributed by atoms with E-state index in [2.05, 4.69) is 42.9 Å². The van der Waals surface area contributed by atoms with E-state index >= 15 is 0 Å². The lowest BCUT2D eigenvalue weighted by Crippen LogP contribution is -2.58. The van der Waals surface area contributed by atoms with Crippen molar-refractivity contribution in [2.45, 2.75) is 52.1 Å². The van der Waals surface area contributed by atoms with Gasteiger partial charge in [0.15, 0.2) is 0 Å². The standard InChI is InChI=1S/C17H35N3O/c1-5-8-18-13-17(6-9-21-10-7-17)14-20-11-15(2)19(4)16(3)12-20/h15-16,18H,5-14H2,1-4H3. The second-order valence-electron chi connectivity index (χ2n) is 7.35. The second kappa shape index (κ2) is 7.91. The van der Waals surface area contributed by atoms with Crippen molar-refractivity contribution in [3.63, 3.8) is 0 Å². The molecule has 0 spiro atoms. The van der Waals surface area contributed by atoms with Crippen LogP contribution in [0.3, 0.4) is 0 Å². The Morgan fingerprint density at radius 1 is 1.14 bits per heavy atom. The maximum absolute atomic E-state index is 5.62. The summed E-state index contributed by atoms with van der Waals surface area (Å²) in [5, 5.41) is 3.67. The van der Waals surface area contributed by atoms with Gasteiger partial charge in [0, 0.05) is 51.5 Å². The van der Waals surface area contributed by atoms with Crippen LogP contribution in [0, 0.1) is 5.41 Å². The third kappa shape index (κ3) is 4.65. The summed E-state index contributed by atoms with van der Waals surface area (Å²) in [5.41, 5.74) is 0.419. The largest absolute Gasteiger partial charge is 0.381 e. The SMILES string of the molecule is CCCNCC1(CN2CC(C)N(C)C(C)C2)CCOCC1. The smallest absolute Gasteiger partial charge is 0.0472 e. The van der Waals surface area contributed by atoms with E-state index < -0.39 is 0 Å². The highest BCUT2D eigenvalue weighted by Crippen LogP contribution is 2.32. The van der Waals surface area contributed by atoms with Crippen molar-refractivity contribution in [1.82, 2.24) is 15.1 Å². The molecule has 2 fully saturated rings. The number of piperazine rings is 1. The Hall–Kier alpha value is -0.160. The number of hydrogen-bond donors (Lipinski definition) is 1. The number of hydrogen-bond acceptors (Lipinski definition) is 4. The van der Waals surface area contributed by atoms with Crippen molar-refractivity contribution >= 4 is 0 Å². The Labute approximate surface area is 131 Å². The first-order chi connectivity index (χ1) is 10.1. The Bertz CT molecular complexity index is 292. The van der Waals surface area contributed by atoms with Gasteiger partial charge < -0.3 is 10.1 Å². The summed E-state index contributed by atoms with van der Waals surface area (Å²) in [7, 11) is 2.26. The van der Waals surface area contributed by atoms with Crippen molar-refractivity contribution in [1.29, 1.82) is 0 Å². The molecule has 0 saturated carbocycles. The maximum Gasteiger partial charge on any atom is 0.0472 e. The van der Waals surface area contributed by atoms with Crippen molar-refractivity contribution in [3.8, 4) is 0 Å². The van der Waals surface area contributed by atoms with Crippen LogP contribution >= 0.6 is 0 Å². The summed E-state index contributed by atoms with van der Waals surface area (Å²) in [6.07, 6.45) is 3.63. The summed E-state index contributed by atoms with van der Waals surface area (Å²) >= 11 is 0. The molecule has 2 atom stereocenters. The van der Waals surface area contributed by atoms with E-state index in [9.17, 15) is 0 Å². The van der Waals surface area contributed by atoms with Crippen molar-refractivity contribution in [2.24, 2.45) is 5.41 Å². The van der Waals surface area contributed by atoms with Gasteiger partial charge in [-0.05, 0) is 52.1 Å². The Kier molecular flexibility index (Phi) is 6.48. The highest BCUT2D eigenvalue weighted by Gasteiger charge is 2.36. The first-order valence-corrected chi connectivity index (χ1v) is 8.79. The van der Waals surface area contributed by atoms with Crippen LogP contribution in [0.25, 0.3) is 0 Å². The predicted molar refractivity (Wildman–Crippen MR) is 88.8 cm³/mol. The molecule has 2 aliphatic heterocycles. The van der Waals surface area contributed by atoms with Gasteiger partial charge in [-0.2, -0.15) is 0 Å². The van der Waals surface area contributed by atoms with Crippen molar-refractivity contribution < 1.29 is 4.74 Å². The lowest BCUT2D eigenvalue weighted by atomic mass is 9.79. The molecule has 0 radical (unpaired) electrons. The van der Waals surface area contributed by atoms with Gasteiger partial charge in [0.1, 0.15) is 0 Å². The average molecular weight is 297 g/mol. The van der Waals surface area contributed by atoms with Gasteiger partial charge in [-0.1, -0.05) is 6.92 Å². The van der Waals surface area contributed by atoms with Crippen LogP contribution < -0.4 is 5.32 Å². The van der Waals surface area contributed by atoms with Crippen LogP contribution in [0.1, 0.15) is 40.0 Å². The van der Waals surface area contributed by atoms with Crippen molar-refractivity contribution in [2.75, 3.05) is 53.0 Å². The first kappa shape index (κ1) is 17.2. The summed E-state index contributed by atoms with van der Waals surface area (Å²) in [6, 6.07) is 1.32. The summed E-state index contributed by atoms with van der Waals surface area (Å²) in [5.74, 6) is 0. The predicted octanol–water partition coefficient (Wildman–Crippen LogP) is 1.81. The van der Waals surface area contributed by atoms with Crippen LogP contribution in [-0.4, -0.2) is 74.9 Å². The molecule has 0 aromatic heterocycles. The van der Waals surface area contributed by atoms with Crippen molar-refractivity contribution in [3.05, 3.63) is 0 Å². The molecule has 2 rings (SSSR count). The quantitative estimate of drug-likeness (QED) is 0.757. The topological polar surface area (TPSA) is 27.7 Å². The van der Waals surface area contributed by atoms with Crippen LogP contribution in [0.15, 0.2) is 0 Å². The van der Waals surface area contributed by atoms with E-state index in [-0.39, 0.29) is 0 Å². The second-order valence-corrected chi connectivity index (χ2v) is 7.35. The monoisotopic (exact) mass is 297 g/mol. The molecule has 4 nitrogen and oxygen atoms in total. The number of rotatable bonds is 6. The first-order valence-electron chi connectivity index (χ1n) is 8.79. The zero-order chi connectivity index (χ0) is 15.3. The summed E-state index contributed by atoms with van der Waals surface area (Å²) in [6.45, 7) is 14.8. The molecule has 2 unspecified atom stereocenters. The fourth-order valence-electron chi connectivity index (χ4n) is 3.84. The number of nitrogens with one attached hydrogen (secondary N) is 1. The zero-order valence-corrected chi connectivity index (χ0v) is 14.5. The molecule has 2 saturated heterocycles. The third-order valence-electron chi connectivity index (χ3n) is 5.47. The molecule has 0 aromatic rings. The van der Waals surface area contributed by atoms with E-state index in [1.54, 1.807) is 0 Å². The highest BCUT2D eigenvalue weighted by atomic mass is 16.5. The van der Waals surface area contributed by atoms with Crippen LogP contribution in [0.2, 0.25) is 0 Å². The van der Waals surface area contributed by atoms with E-state index in [4.69, 9.17) is 4.74 Å². The minimum Gasteiger partial charge on any atom is -0.381 e. The van der Waals surface area contributed by atoms with Gasteiger partial charge in [-0.15, -0.1) is 0 Å². The number of likely N-dealkylation sites (N-methyl/N-ethyl adjacent to an activating group) is 1. The van der Waals surface area contributed by atoms with Gasteiger partial charge in [0.25, 0.3) is 0 Å². The van der Waals surface area contributed by atoms with E-state index in [1.807, 2.05) is 0 Å². The molecule has 21 heavy (non-hydrogen) atoms. The molecule has 2 heterocycles.